The Hall–Kier alpha value is -0.870. The molecule has 2 rings (SSSR count). The van der Waals surface area contributed by atoms with Crippen LogP contribution >= 0.6 is 0 Å². The van der Waals surface area contributed by atoms with Gasteiger partial charge in [0.2, 0.25) is 0 Å². The SMILES string of the molecule is CCNC(c1ccnn1CC)C1(OC)CCC(C)CC1. The van der Waals surface area contributed by atoms with E-state index < -0.39 is 0 Å². The number of hydrogen-bond donors (Lipinski definition) is 1. The molecule has 1 saturated carbocycles. The van der Waals surface area contributed by atoms with Crippen molar-refractivity contribution in [2.45, 2.75) is 64.6 Å². The molecule has 114 valence electrons. The van der Waals surface area contributed by atoms with Crippen LogP contribution in [0.15, 0.2) is 12.3 Å². The monoisotopic (exact) mass is 279 g/mol. The van der Waals surface area contributed by atoms with Gasteiger partial charge >= 0.3 is 0 Å². The second-order valence-corrected chi connectivity index (χ2v) is 6.01. The normalized spacial score (nSPS) is 28.5. The van der Waals surface area contributed by atoms with Crippen molar-refractivity contribution < 1.29 is 4.74 Å². The molecule has 1 atom stereocenters. The molecule has 0 bridgehead atoms. The predicted octanol–water partition coefficient (Wildman–Crippen LogP) is 3.15. The van der Waals surface area contributed by atoms with Gasteiger partial charge in [-0.1, -0.05) is 13.8 Å². The van der Waals surface area contributed by atoms with Crippen LogP contribution in [-0.4, -0.2) is 29.0 Å². The fraction of sp³-hybridized carbons (Fsp3) is 0.812. The molecular weight excluding hydrogens is 250 g/mol. The van der Waals surface area contributed by atoms with Gasteiger partial charge in [-0.15, -0.1) is 0 Å². The standard InChI is InChI=1S/C16H29N3O/c1-5-17-15(14-9-12-18-19(14)6-2)16(20-4)10-7-13(3)8-11-16/h9,12-13,15,17H,5-8,10-11H2,1-4H3. The molecule has 4 nitrogen and oxygen atoms in total. The number of likely N-dealkylation sites (N-methyl/N-ethyl adjacent to an activating group) is 1. The third-order valence-electron chi connectivity index (χ3n) is 4.81. The van der Waals surface area contributed by atoms with Gasteiger partial charge in [-0.25, -0.2) is 0 Å². The summed E-state index contributed by atoms with van der Waals surface area (Å²) in [5.41, 5.74) is 1.17. The smallest absolute Gasteiger partial charge is 0.0887 e. The minimum absolute atomic E-state index is 0.0878. The first kappa shape index (κ1) is 15.5. The van der Waals surface area contributed by atoms with Gasteiger partial charge in [-0.2, -0.15) is 5.10 Å². The van der Waals surface area contributed by atoms with E-state index in [1.807, 2.05) is 13.3 Å². The van der Waals surface area contributed by atoms with Crippen molar-refractivity contribution in [3.63, 3.8) is 0 Å². The lowest BCUT2D eigenvalue weighted by Crippen LogP contribution is -2.48. The molecule has 4 heteroatoms. The Morgan fingerprint density at radius 2 is 2.15 bits per heavy atom. The summed E-state index contributed by atoms with van der Waals surface area (Å²) >= 11 is 0. The summed E-state index contributed by atoms with van der Waals surface area (Å²) in [4.78, 5) is 0. The van der Waals surface area contributed by atoms with E-state index in [0.29, 0.717) is 0 Å². The van der Waals surface area contributed by atoms with E-state index in [-0.39, 0.29) is 11.6 Å². The van der Waals surface area contributed by atoms with Crippen LogP contribution in [0.1, 0.15) is 58.2 Å². The van der Waals surface area contributed by atoms with E-state index in [9.17, 15) is 0 Å². The lowest BCUT2D eigenvalue weighted by molar-refractivity contribution is -0.0775. The van der Waals surface area contributed by atoms with Gasteiger partial charge in [0.05, 0.1) is 17.3 Å². The number of nitrogens with one attached hydrogen (secondary N) is 1. The molecule has 0 radical (unpaired) electrons. The number of rotatable bonds is 6. The van der Waals surface area contributed by atoms with Crippen molar-refractivity contribution >= 4 is 0 Å². The van der Waals surface area contributed by atoms with Crippen LogP contribution in [0.3, 0.4) is 0 Å². The Morgan fingerprint density at radius 3 is 2.70 bits per heavy atom. The van der Waals surface area contributed by atoms with Gasteiger partial charge < -0.3 is 10.1 Å². The lowest BCUT2D eigenvalue weighted by Gasteiger charge is -2.44. The molecule has 0 spiro atoms. The molecule has 1 unspecified atom stereocenters. The highest BCUT2D eigenvalue weighted by molar-refractivity contribution is 5.14. The maximum Gasteiger partial charge on any atom is 0.0887 e. The van der Waals surface area contributed by atoms with Crippen molar-refractivity contribution in [3.8, 4) is 0 Å². The molecule has 0 saturated heterocycles. The van der Waals surface area contributed by atoms with Crippen LogP contribution < -0.4 is 5.32 Å². The second-order valence-electron chi connectivity index (χ2n) is 6.01. The van der Waals surface area contributed by atoms with Crippen LogP contribution in [0.25, 0.3) is 0 Å². The van der Waals surface area contributed by atoms with Gasteiger partial charge in [0.1, 0.15) is 0 Å². The van der Waals surface area contributed by atoms with E-state index in [4.69, 9.17) is 4.74 Å². The Kier molecular flexibility index (Phi) is 5.22. The maximum absolute atomic E-state index is 6.06. The molecule has 1 heterocycles. The van der Waals surface area contributed by atoms with Crippen molar-refractivity contribution in [1.82, 2.24) is 15.1 Å². The van der Waals surface area contributed by atoms with Gasteiger partial charge in [-0.3, -0.25) is 4.68 Å². The highest BCUT2D eigenvalue weighted by Gasteiger charge is 2.43. The van der Waals surface area contributed by atoms with E-state index in [1.54, 1.807) is 0 Å². The molecule has 1 aliphatic rings. The average Bonchev–Trinajstić information content (AvgIpc) is 2.94. The van der Waals surface area contributed by atoms with E-state index >= 15 is 0 Å². The van der Waals surface area contributed by atoms with E-state index in [2.05, 4.69) is 41.9 Å². The molecule has 0 aromatic carbocycles. The first-order valence-electron chi connectivity index (χ1n) is 7.97. The van der Waals surface area contributed by atoms with Crippen molar-refractivity contribution in [3.05, 3.63) is 18.0 Å². The van der Waals surface area contributed by atoms with Crippen molar-refractivity contribution in [1.29, 1.82) is 0 Å². The molecule has 1 fully saturated rings. The molecule has 1 aliphatic carbocycles. The number of aryl methyl sites for hydroxylation is 1. The summed E-state index contributed by atoms with van der Waals surface area (Å²) in [7, 11) is 1.87. The summed E-state index contributed by atoms with van der Waals surface area (Å²) in [6.07, 6.45) is 6.64. The average molecular weight is 279 g/mol. The fourth-order valence-electron chi connectivity index (χ4n) is 3.48. The van der Waals surface area contributed by atoms with Gasteiger partial charge in [-0.05, 0) is 51.1 Å². The number of methoxy groups -OCH3 is 1. The summed E-state index contributed by atoms with van der Waals surface area (Å²) in [5.74, 6) is 0.816. The molecule has 1 aromatic heterocycles. The van der Waals surface area contributed by atoms with Gasteiger partial charge in [0.15, 0.2) is 0 Å². The zero-order valence-corrected chi connectivity index (χ0v) is 13.4. The Bertz CT molecular complexity index is 408. The molecule has 1 aromatic rings. The summed E-state index contributed by atoms with van der Waals surface area (Å²) in [6.45, 7) is 8.50. The van der Waals surface area contributed by atoms with Crippen LogP contribution in [0, 0.1) is 5.92 Å². The minimum atomic E-state index is -0.0878. The Morgan fingerprint density at radius 1 is 1.45 bits per heavy atom. The first-order valence-corrected chi connectivity index (χ1v) is 7.97. The zero-order valence-electron chi connectivity index (χ0n) is 13.4. The van der Waals surface area contributed by atoms with Crippen LogP contribution in [0.4, 0.5) is 0 Å². The maximum atomic E-state index is 6.06. The summed E-state index contributed by atoms with van der Waals surface area (Å²) in [6, 6.07) is 2.36. The third kappa shape index (κ3) is 2.91. The number of aromatic nitrogens is 2. The van der Waals surface area contributed by atoms with Gasteiger partial charge in [0.25, 0.3) is 0 Å². The van der Waals surface area contributed by atoms with Crippen LogP contribution in [-0.2, 0) is 11.3 Å². The Balaban J connectivity index is 2.30. The zero-order chi connectivity index (χ0) is 14.6. The number of hydrogen-bond acceptors (Lipinski definition) is 3. The van der Waals surface area contributed by atoms with Gasteiger partial charge in [0, 0.05) is 19.9 Å². The third-order valence-corrected chi connectivity index (χ3v) is 4.81. The predicted molar refractivity (Wildman–Crippen MR) is 81.7 cm³/mol. The highest BCUT2D eigenvalue weighted by Crippen LogP contribution is 2.42. The summed E-state index contributed by atoms with van der Waals surface area (Å²) in [5, 5.41) is 8.08. The fourth-order valence-corrected chi connectivity index (χ4v) is 3.48. The molecule has 1 N–H and O–H groups in total. The minimum Gasteiger partial charge on any atom is -0.376 e. The number of nitrogens with zero attached hydrogens (tertiary/aromatic N) is 2. The molecular formula is C16H29N3O. The van der Waals surface area contributed by atoms with E-state index in [1.165, 1.54) is 18.5 Å². The van der Waals surface area contributed by atoms with Crippen LogP contribution in [0.2, 0.25) is 0 Å². The van der Waals surface area contributed by atoms with Crippen molar-refractivity contribution in [2.24, 2.45) is 5.92 Å². The highest BCUT2D eigenvalue weighted by atomic mass is 16.5. The molecule has 20 heavy (non-hydrogen) atoms. The molecule has 0 amide bonds. The topological polar surface area (TPSA) is 39.1 Å². The Labute approximate surface area is 122 Å². The first-order chi connectivity index (χ1) is 9.66. The second kappa shape index (κ2) is 6.72. The van der Waals surface area contributed by atoms with Crippen molar-refractivity contribution in [2.75, 3.05) is 13.7 Å². The summed E-state index contributed by atoms with van der Waals surface area (Å²) < 4.78 is 8.15. The lowest BCUT2D eigenvalue weighted by atomic mass is 9.74. The van der Waals surface area contributed by atoms with E-state index in [0.717, 1.165) is 31.8 Å². The molecule has 0 aliphatic heterocycles. The quantitative estimate of drug-likeness (QED) is 0.869. The number of ether oxygens (including phenoxy) is 1. The largest absolute Gasteiger partial charge is 0.376 e. The van der Waals surface area contributed by atoms with Crippen LogP contribution in [0.5, 0.6) is 0 Å².